The van der Waals surface area contributed by atoms with Gasteiger partial charge in [-0.25, -0.2) is 0 Å². The second-order valence-electron chi connectivity index (χ2n) is 3.59. The summed E-state index contributed by atoms with van der Waals surface area (Å²) in [6, 6.07) is 5.16. The maximum absolute atomic E-state index is 5.93. The van der Waals surface area contributed by atoms with Gasteiger partial charge in [0.15, 0.2) is 5.82 Å². The molecule has 0 fully saturated rings. The molecule has 0 saturated heterocycles. The van der Waals surface area contributed by atoms with Crippen molar-refractivity contribution in [1.29, 1.82) is 0 Å². The molecular weight excluding hydrogens is 285 g/mol. The lowest BCUT2D eigenvalue weighted by molar-refractivity contribution is 0.976. The van der Waals surface area contributed by atoms with Crippen LogP contribution in [0.1, 0.15) is 0 Å². The van der Waals surface area contributed by atoms with E-state index in [0.29, 0.717) is 28.4 Å². The highest BCUT2D eigenvalue weighted by Crippen LogP contribution is 2.26. The highest BCUT2D eigenvalue weighted by atomic mass is 35.5. The van der Waals surface area contributed by atoms with Crippen LogP contribution in [0.25, 0.3) is 0 Å². The molecule has 0 saturated carbocycles. The molecule has 0 bridgehead atoms. The van der Waals surface area contributed by atoms with Crippen LogP contribution in [0.2, 0.25) is 10.0 Å². The highest BCUT2D eigenvalue weighted by Gasteiger charge is 2.03. The number of nitrogens with one attached hydrogen (secondary N) is 2. The van der Waals surface area contributed by atoms with E-state index in [1.807, 2.05) is 0 Å². The average molecular weight is 296 g/mol. The van der Waals surface area contributed by atoms with Crippen LogP contribution in [0.5, 0.6) is 0 Å². The van der Waals surface area contributed by atoms with Crippen LogP contribution in [-0.4, -0.2) is 21.7 Å². The highest BCUT2D eigenvalue weighted by molar-refractivity contribution is 6.42. The van der Waals surface area contributed by atoms with Crippen LogP contribution in [0.3, 0.4) is 0 Å². The Balaban J connectivity index is 2.13. The van der Waals surface area contributed by atoms with Crippen molar-refractivity contribution in [3.8, 4) is 0 Å². The molecule has 1 aromatic carbocycles. The molecule has 1 aromatic heterocycles. The van der Waals surface area contributed by atoms with Crippen LogP contribution in [0.15, 0.2) is 37.1 Å². The van der Waals surface area contributed by atoms with Crippen molar-refractivity contribution in [2.75, 3.05) is 17.2 Å². The number of hydrogen-bond donors (Lipinski definition) is 2. The monoisotopic (exact) mass is 295 g/mol. The quantitative estimate of drug-likeness (QED) is 0.827. The van der Waals surface area contributed by atoms with Gasteiger partial charge in [-0.2, -0.15) is 10.1 Å². The van der Waals surface area contributed by atoms with Gasteiger partial charge in [-0.05, 0) is 18.2 Å². The largest absolute Gasteiger partial charge is 0.365 e. The minimum Gasteiger partial charge on any atom is -0.365 e. The van der Waals surface area contributed by atoms with E-state index < -0.39 is 0 Å². The fourth-order valence-corrected chi connectivity index (χ4v) is 1.62. The number of benzene rings is 1. The fourth-order valence-electron chi connectivity index (χ4n) is 1.32. The average Bonchev–Trinajstić information content (AvgIpc) is 2.41. The van der Waals surface area contributed by atoms with Gasteiger partial charge < -0.3 is 10.6 Å². The zero-order valence-corrected chi connectivity index (χ0v) is 11.4. The first-order chi connectivity index (χ1) is 9.19. The SMILES string of the molecule is C=CCNc1cnnc(Nc2ccc(Cl)c(Cl)c2)n1. The lowest BCUT2D eigenvalue weighted by atomic mass is 10.3. The van der Waals surface area contributed by atoms with Crippen molar-refractivity contribution in [2.24, 2.45) is 0 Å². The molecule has 7 heteroatoms. The Morgan fingerprint density at radius 1 is 1.26 bits per heavy atom. The minimum atomic E-state index is 0.368. The van der Waals surface area contributed by atoms with E-state index in [-0.39, 0.29) is 0 Å². The van der Waals surface area contributed by atoms with Crippen molar-refractivity contribution in [1.82, 2.24) is 15.2 Å². The van der Waals surface area contributed by atoms with Crippen molar-refractivity contribution >= 4 is 40.7 Å². The predicted molar refractivity (Wildman–Crippen MR) is 78.3 cm³/mol. The van der Waals surface area contributed by atoms with E-state index in [1.165, 1.54) is 6.20 Å². The summed E-state index contributed by atoms with van der Waals surface area (Å²) in [5, 5.41) is 14.7. The van der Waals surface area contributed by atoms with Gasteiger partial charge in [0, 0.05) is 12.2 Å². The Hall–Kier alpha value is -1.85. The molecular formula is C12H11Cl2N5. The van der Waals surface area contributed by atoms with E-state index in [0.717, 1.165) is 5.69 Å². The molecule has 0 unspecified atom stereocenters. The van der Waals surface area contributed by atoms with Gasteiger partial charge in [-0.15, -0.1) is 11.7 Å². The number of halogens is 2. The lowest BCUT2D eigenvalue weighted by Crippen LogP contribution is -2.05. The fraction of sp³-hybridized carbons (Fsp3) is 0.0833. The van der Waals surface area contributed by atoms with Gasteiger partial charge >= 0.3 is 0 Å². The Labute approximate surface area is 120 Å². The second kappa shape index (κ2) is 6.36. The number of rotatable bonds is 5. The van der Waals surface area contributed by atoms with E-state index in [4.69, 9.17) is 23.2 Å². The summed E-state index contributed by atoms with van der Waals surface area (Å²) in [5.74, 6) is 0.977. The Morgan fingerprint density at radius 3 is 2.84 bits per heavy atom. The third-order valence-electron chi connectivity index (χ3n) is 2.16. The van der Waals surface area contributed by atoms with E-state index >= 15 is 0 Å². The molecule has 0 amide bonds. The second-order valence-corrected chi connectivity index (χ2v) is 4.40. The molecule has 0 aliphatic rings. The molecule has 0 aliphatic carbocycles. The maximum atomic E-state index is 5.93. The minimum absolute atomic E-state index is 0.368. The van der Waals surface area contributed by atoms with E-state index in [9.17, 15) is 0 Å². The zero-order valence-electron chi connectivity index (χ0n) is 9.90. The topological polar surface area (TPSA) is 62.7 Å². The van der Waals surface area contributed by atoms with Crippen molar-refractivity contribution in [3.05, 3.63) is 47.1 Å². The standard InChI is InChI=1S/C12H11Cl2N5/c1-2-5-15-11-7-16-19-12(18-11)17-8-3-4-9(13)10(14)6-8/h2-4,6-7H,1,5H2,(H2,15,17,18,19). The molecule has 0 spiro atoms. The summed E-state index contributed by atoms with van der Waals surface area (Å²) in [6.45, 7) is 4.22. The van der Waals surface area contributed by atoms with E-state index in [1.54, 1.807) is 24.3 Å². The summed E-state index contributed by atoms with van der Waals surface area (Å²) in [7, 11) is 0. The molecule has 2 N–H and O–H groups in total. The Bertz CT molecular complexity index is 588. The molecule has 2 aromatic rings. The molecule has 1 heterocycles. The number of hydrogen-bond acceptors (Lipinski definition) is 5. The van der Waals surface area contributed by atoms with Crippen LogP contribution < -0.4 is 10.6 Å². The molecule has 5 nitrogen and oxygen atoms in total. The molecule has 2 rings (SSSR count). The van der Waals surface area contributed by atoms with Gasteiger partial charge in [-0.3, -0.25) is 0 Å². The van der Waals surface area contributed by atoms with Crippen LogP contribution in [0.4, 0.5) is 17.5 Å². The summed E-state index contributed by atoms with van der Waals surface area (Å²) >= 11 is 11.8. The molecule has 0 radical (unpaired) electrons. The zero-order chi connectivity index (χ0) is 13.7. The van der Waals surface area contributed by atoms with Crippen LogP contribution >= 0.6 is 23.2 Å². The van der Waals surface area contributed by atoms with Gasteiger partial charge in [0.05, 0.1) is 16.2 Å². The molecule has 19 heavy (non-hydrogen) atoms. The first kappa shape index (κ1) is 13.6. The Morgan fingerprint density at radius 2 is 2.11 bits per heavy atom. The molecule has 0 atom stereocenters. The normalized spacial score (nSPS) is 10.0. The number of aromatic nitrogens is 3. The third-order valence-corrected chi connectivity index (χ3v) is 2.90. The van der Waals surface area contributed by atoms with Crippen molar-refractivity contribution in [2.45, 2.75) is 0 Å². The summed E-state index contributed by atoms with van der Waals surface area (Å²) in [5.41, 5.74) is 0.733. The van der Waals surface area contributed by atoms with Crippen LogP contribution in [-0.2, 0) is 0 Å². The molecule has 98 valence electrons. The van der Waals surface area contributed by atoms with Crippen molar-refractivity contribution in [3.63, 3.8) is 0 Å². The van der Waals surface area contributed by atoms with Gasteiger partial charge in [0.25, 0.3) is 0 Å². The summed E-state index contributed by atoms with van der Waals surface area (Å²) in [4.78, 5) is 4.24. The lowest BCUT2D eigenvalue weighted by Gasteiger charge is -2.07. The predicted octanol–water partition coefficient (Wildman–Crippen LogP) is 3.52. The number of nitrogens with zero attached hydrogens (tertiary/aromatic N) is 3. The number of anilines is 3. The summed E-state index contributed by atoms with van der Waals surface area (Å²) in [6.07, 6.45) is 3.26. The first-order valence-electron chi connectivity index (χ1n) is 5.45. The van der Waals surface area contributed by atoms with E-state index in [2.05, 4.69) is 32.4 Å². The Kier molecular flexibility index (Phi) is 4.54. The maximum Gasteiger partial charge on any atom is 0.249 e. The first-order valence-corrected chi connectivity index (χ1v) is 6.21. The van der Waals surface area contributed by atoms with Gasteiger partial charge in [0.2, 0.25) is 5.95 Å². The summed E-state index contributed by atoms with van der Waals surface area (Å²) < 4.78 is 0. The van der Waals surface area contributed by atoms with Crippen LogP contribution in [0, 0.1) is 0 Å². The van der Waals surface area contributed by atoms with Gasteiger partial charge in [-0.1, -0.05) is 29.3 Å². The smallest absolute Gasteiger partial charge is 0.249 e. The van der Waals surface area contributed by atoms with Crippen molar-refractivity contribution < 1.29 is 0 Å². The third kappa shape index (κ3) is 3.81. The van der Waals surface area contributed by atoms with Gasteiger partial charge in [0.1, 0.15) is 0 Å². The molecule has 0 aliphatic heterocycles.